The molecule has 1 unspecified atom stereocenters. The van der Waals surface area contributed by atoms with E-state index in [1.54, 1.807) is 22.8 Å². The van der Waals surface area contributed by atoms with E-state index >= 15 is 0 Å². The normalized spacial score (nSPS) is 12.6. The van der Waals surface area contributed by atoms with Crippen molar-refractivity contribution in [3.05, 3.63) is 75.5 Å². The highest BCUT2D eigenvalue weighted by Crippen LogP contribution is 2.19. The first-order valence-corrected chi connectivity index (χ1v) is 11.1. The third kappa shape index (κ3) is 5.37. The maximum Gasteiger partial charge on any atom is 0.286 e. The van der Waals surface area contributed by atoms with E-state index in [-0.39, 0.29) is 17.3 Å². The third-order valence-electron chi connectivity index (χ3n) is 3.69. The molecule has 0 aliphatic heterocycles. The standard InChI is InChI=1S/C19H13Cl3N4O2S/c1-29(28,16-6-2-5-15(20)9-16)25-19(27)14-8-13(10-23-11-14)4-3-7-26-12-24-17(21)18(26)22/h2,5-6,8-12H,7H2,1H3. The maximum atomic E-state index is 12.8. The van der Waals surface area contributed by atoms with E-state index in [9.17, 15) is 9.00 Å². The summed E-state index contributed by atoms with van der Waals surface area (Å²) in [7, 11) is -2.96. The van der Waals surface area contributed by atoms with Gasteiger partial charge in [0.15, 0.2) is 5.15 Å². The summed E-state index contributed by atoms with van der Waals surface area (Å²) in [5.74, 6) is 5.12. The second-order valence-electron chi connectivity index (χ2n) is 5.87. The molecule has 0 spiro atoms. The average Bonchev–Trinajstić information content (AvgIpc) is 3.00. The summed E-state index contributed by atoms with van der Waals surface area (Å²) in [4.78, 5) is 20.7. The Kier molecular flexibility index (Phi) is 6.60. The molecule has 0 fully saturated rings. The van der Waals surface area contributed by atoms with Gasteiger partial charge in [0.2, 0.25) is 0 Å². The number of aromatic nitrogens is 3. The Morgan fingerprint density at radius 1 is 1.24 bits per heavy atom. The van der Waals surface area contributed by atoms with Crippen LogP contribution < -0.4 is 0 Å². The van der Waals surface area contributed by atoms with Gasteiger partial charge in [-0.05, 0) is 24.3 Å². The van der Waals surface area contributed by atoms with Crippen molar-refractivity contribution in [3.63, 3.8) is 0 Å². The fourth-order valence-corrected chi connectivity index (χ4v) is 4.03. The number of rotatable bonds is 3. The molecule has 2 heterocycles. The van der Waals surface area contributed by atoms with Crippen LogP contribution in [0.5, 0.6) is 0 Å². The van der Waals surface area contributed by atoms with Crippen molar-refractivity contribution in [1.82, 2.24) is 14.5 Å². The van der Waals surface area contributed by atoms with Crippen LogP contribution >= 0.6 is 34.8 Å². The lowest BCUT2D eigenvalue weighted by Crippen LogP contribution is -2.04. The smallest absolute Gasteiger partial charge is 0.286 e. The molecule has 1 aromatic carbocycles. The molecule has 29 heavy (non-hydrogen) atoms. The van der Waals surface area contributed by atoms with Gasteiger partial charge in [-0.15, -0.1) is 0 Å². The van der Waals surface area contributed by atoms with Gasteiger partial charge in [-0.1, -0.05) is 52.7 Å². The summed E-state index contributed by atoms with van der Waals surface area (Å²) in [5, 5.41) is 0.908. The van der Waals surface area contributed by atoms with Crippen molar-refractivity contribution in [2.24, 2.45) is 4.36 Å². The topological polar surface area (TPSA) is 77.2 Å². The van der Waals surface area contributed by atoms with Gasteiger partial charge in [0.05, 0.1) is 28.2 Å². The fourth-order valence-electron chi connectivity index (χ4n) is 2.27. The van der Waals surface area contributed by atoms with Gasteiger partial charge in [-0.3, -0.25) is 9.78 Å². The van der Waals surface area contributed by atoms with Gasteiger partial charge in [-0.2, -0.15) is 4.36 Å². The SMILES string of the molecule is CS(=O)(=NC(=O)c1cncc(C#CCn2cnc(Cl)c2Cl)c1)c1cccc(Cl)c1. The summed E-state index contributed by atoms with van der Waals surface area (Å²) in [6, 6.07) is 7.96. The molecular formula is C19H13Cl3N4O2S. The van der Waals surface area contributed by atoms with Crippen LogP contribution in [-0.2, 0) is 16.3 Å². The number of halogens is 3. The number of amides is 1. The Bertz CT molecular complexity index is 1270. The Morgan fingerprint density at radius 3 is 2.72 bits per heavy atom. The quantitative estimate of drug-likeness (QED) is 0.528. The molecule has 0 saturated carbocycles. The van der Waals surface area contributed by atoms with Crippen LogP contribution in [0.1, 0.15) is 15.9 Å². The van der Waals surface area contributed by atoms with Gasteiger partial charge in [0.1, 0.15) is 5.15 Å². The van der Waals surface area contributed by atoms with Gasteiger partial charge in [0.25, 0.3) is 5.91 Å². The maximum absolute atomic E-state index is 12.8. The molecule has 0 bridgehead atoms. The van der Waals surface area contributed by atoms with Crippen molar-refractivity contribution in [1.29, 1.82) is 0 Å². The number of benzene rings is 1. The first-order chi connectivity index (χ1) is 13.8. The van der Waals surface area contributed by atoms with E-state index in [2.05, 4.69) is 26.2 Å². The highest BCUT2D eigenvalue weighted by Gasteiger charge is 2.12. The fraction of sp³-hybridized carbons (Fsp3) is 0.105. The number of imidazole rings is 1. The molecule has 3 rings (SSSR count). The van der Waals surface area contributed by atoms with Crippen LogP contribution in [0.15, 0.2) is 58.3 Å². The second-order valence-corrected chi connectivity index (χ2v) is 9.29. The van der Waals surface area contributed by atoms with Gasteiger partial charge >= 0.3 is 0 Å². The summed E-state index contributed by atoms with van der Waals surface area (Å²) < 4.78 is 18.3. The van der Waals surface area contributed by atoms with Crippen molar-refractivity contribution in [3.8, 4) is 11.8 Å². The Morgan fingerprint density at radius 2 is 2.03 bits per heavy atom. The van der Waals surface area contributed by atoms with Crippen LogP contribution in [0, 0.1) is 11.8 Å². The van der Waals surface area contributed by atoms with E-state index in [1.165, 1.54) is 37.1 Å². The van der Waals surface area contributed by atoms with E-state index in [4.69, 9.17) is 34.8 Å². The molecule has 1 amide bonds. The molecule has 10 heteroatoms. The van der Waals surface area contributed by atoms with Gasteiger partial charge < -0.3 is 4.57 Å². The van der Waals surface area contributed by atoms with Crippen molar-refractivity contribution >= 4 is 50.4 Å². The largest absolute Gasteiger partial charge is 0.309 e. The van der Waals surface area contributed by atoms with Crippen LogP contribution in [0.3, 0.4) is 0 Å². The minimum Gasteiger partial charge on any atom is -0.309 e. The summed E-state index contributed by atoms with van der Waals surface area (Å²) in [6.45, 7) is 0.263. The highest BCUT2D eigenvalue weighted by atomic mass is 35.5. The molecule has 0 aliphatic carbocycles. The van der Waals surface area contributed by atoms with Crippen molar-refractivity contribution in [2.75, 3.05) is 6.26 Å². The summed E-state index contributed by atoms with van der Waals surface area (Å²) in [5.41, 5.74) is 0.677. The number of hydrogen-bond acceptors (Lipinski definition) is 4. The molecule has 3 aromatic rings. The monoisotopic (exact) mass is 466 g/mol. The zero-order chi connectivity index (χ0) is 21.0. The highest BCUT2D eigenvalue weighted by molar-refractivity contribution is 7.93. The molecule has 0 radical (unpaired) electrons. The molecular weight excluding hydrogens is 455 g/mol. The van der Waals surface area contributed by atoms with E-state index < -0.39 is 15.6 Å². The first kappa shape index (κ1) is 21.3. The van der Waals surface area contributed by atoms with E-state index in [0.29, 0.717) is 20.6 Å². The molecule has 148 valence electrons. The van der Waals surface area contributed by atoms with E-state index in [1.807, 2.05) is 0 Å². The zero-order valence-electron chi connectivity index (χ0n) is 15.0. The number of pyridine rings is 1. The molecule has 0 saturated heterocycles. The molecule has 0 N–H and O–H groups in total. The summed E-state index contributed by atoms with van der Waals surface area (Å²) in [6.07, 6.45) is 5.71. The van der Waals surface area contributed by atoms with Gasteiger partial charge in [0, 0.05) is 34.1 Å². The molecule has 6 nitrogen and oxygen atoms in total. The lowest BCUT2D eigenvalue weighted by molar-refractivity contribution is 0.100. The van der Waals surface area contributed by atoms with Crippen LogP contribution in [-0.4, -0.2) is 30.9 Å². The number of nitrogens with zero attached hydrogens (tertiary/aromatic N) is 4. The minimum atomic E-state index is -2.96. The lowest BCUT2D eigenvalue weighted by Gasteiger charge is -2.04. The summed E-state index contributed by atoms with van der Waals surface area (Å²) >= 11 is 17.7. The minimum absolute atomic E-state index is 0.178. The van der Waals surface area contributed by atoms with Crippen LogP contribution in [0.4, 0.5) is 0 Å². The predicted octanol–water partition coefficient (Wildman–Crippen LogP) is 4.59. The molecule has 2 aromatic heterocycles. The average molecular weight is 468 g/mol. The Labute approximate surface area is 183 Å². The van der Waals surface area contributed by atoms with Crippen molar-refractivity contribution in [2.45, 2.75) is 11.4 Å². The Balaban J connectivity index is 1.82. The third-order valence-corrected chi connectivity index (χ3v) is 6.34. The van der Waals surface area contributed by atoms with Crippen molar-refractivity contribution < 1.29 is 9.00 Å². The number of carbonyl (C=O) groups is 1. The predicted molar refractivity (Wildman–Crippen MR) is 114 cm³/mol. The van der Waals surface area contributed by atoms with Crippen LogP contribution in [0.2, 0.25) is 15.3 Å². The molecule has 1 atom stereocenters. The lowest BCUT2D eigenvalue weighted by atomic mass is 10.2. The first-order valence-electron chi connectivity index (χ1n) is 8.08. The zero-order valence-corrected chi connectivity index (χ0v) is 18.1. The Hall–Kier alpha value is -2.37. The second kappa shape index (κ2) is 8.97. The number of hydrogen-bond donors (Lipinski definition) is 0. The number of carbonyl (C=O) groups excluding carboxylic acids is 1. The van der Waals surface area contributed by atoms with Crippen LogP contribution in [0.25, 0.3) is 0 Å². The van der Waals surface area contributed by atoms with E-state index in [0.717, 1.165) is 0 Å². The molecule has 0 aliphatic rings. The van der Waals surface area contributed by atoms with Gasteiger partial charge in [-0.25, -0.2) is 9.19 Å².